The van der Waals surface area contributed by atoms with Crippen LogP contribution in [0, 0.1) is 0 Å². The first-order valence-electron chi connectivity index (χ1n) is 8.30. The number of alkyl halides is 6. The second-order valence-electron chi connectivity index (χ2n) is 5.95. The monoisotopic (exact) mass is 469 g/mol. The molecular weight excluding hydrogens is 456 g/mol. The zero-order valence-corrected chi connectivity index (χ0v) is 16.3. The summed E-state index contributed by atoms with van der Waals surface area (Å²) in [5.41, 5.74) is 0.255. The fourth-order valence-corrected chi connectivity index (χ4v) is 3.52. The molecule has 0 saturated heterocycles. The van der Waals surface area contributed by atoms with E-state index in [1.165, 1.54) is 25.4 Å². The van der Waals surface area contributed by atoms with Crippen LogP contribution in [0.4, 0.5) is 26.3 Å². The normalized spacial score (nSPS) is 13.3. The molecule has 0 fully saturated rings. The number of imidazole rings is 1. The number of aromatic amines is 1. The van der Waals surface area contributed by atoms with Crippen LogP contribution in [0.2, 0.25) is 0 Å². The van der Waals surface area contributed by atoms with Crippen LogP contribution in [0.15, 0.2) is 35.6 Å². The highest BCUT2D eigenvalue weighted by Gasteiger charge is 2.32. The van der Waals surface area contributed by atoms with E-state index in [0.717, 1.165) is 12.1 Å². The summed E-state index contributed by atoms with van der Waals surface area (Å²) < 4.78 is 101. The van der Waals surface area contributed by atoms with Gasteiger partial charge in [-0.1, -0.05) is 0 Å². The molecule has 2 aromatic heterocycles. The Bertz CT molecular complexity index is 1100. The summed E-state index contributed by atoms with van der Waals surface area (Å²) in [6.45, 7) is -1.61. The summed E-state index contributed by atoms with van der Waals surface area (Å²) in [6.07, 6.45) is -8.26. The average molecular weight is 469 g/mol. The van der Waals surface area contributed by atoms with Crippen LogP contribution >= 0.6 is 0 Å². The molecule has 3 aromatic rings. The van der Waals surface area contributed by atoms with Gasteiger partial charge in [0.1, 0.15) is 5.75 Å². The summed E-state index contributed by atoms with van der Waals surface area (Å²) in [5, 5.41) is -0.120. The van der Waals surface area contributed by atoms with E-state index in [2.05, 4.69) is 19.7 Å². The minimum atomic E-state index is -4.88. The zero-order chi connectivity index (χ0) is 22.8. The Morgan fingerprint density at radius 3 is 2.52 bits per heavy atom. The second kappa shape index (κ2) is 8.61. The average Bonchev–Trinajstić information content (AvgIpc) is 3.08. The Morgan fingerprint density at radius 1 is 1.13 bits per heavy atom. The van der Waals surface area contributed by atoms with E-state index < -0.39 is 41.4 Å². The molecule has 0 aliphatic carbocycles. The van der Waals surface area contributed by atoms with Gasteiger partial charge in [0.2, 0.25) is 0 Å². The lowest BCUT2D eigenvalue weighted by atomic mass is 10.3. The summed E-state index contributed by atoms with van der Waals surface area (Å²) in [4.78, 5) is 10.5. The predicted octanol–water partition coefficient (Wildman–Crippen LogP) is 4.11. The molecule has 168 valence electrons. The molecule has 0 saturated carbocycles. The lowest BCUT2D eigenvalue weighted by molar-refractivity contribution is -0.274. The Balaban J connectivity index is 1.85. The van der Waals surface area contributed by atoms with Gasteiger partial charge < -0.3 is 19.2 Å². The van der Waals surface area contributed by atoms with Crippen LogP contribution in [-0.2, 0) is 16.6 Å². The van der Waals surface area contributed by atoms with Crippen LogP contribution < -0.4 is 14.2 Å². The molecule has 0 aliphatic rings. The molecule has 0 amide bonds. The molecule has 1 aromatic carbocycles. The van der Waals surface area contributed by atoms with E-state index >= 15 is 0 Å². The van der Waals surface area contributed by atoms with Crippen molar-refractivity contribution in [3.63, 3.8) is 0 Å². The number of hydrogen-bond acceptors (Lipinski definition) is 6. The van der Waals surface area contributed by atoms with Crippen molar-refractivity contribution in [2.75, 3.05) is 13.7 Å². The summed E-state index contributed by atoms with van der Waals surface area (Å²) in [7, 11) is -0.728. The van der Waals surface area contributed by atoms with Gasteiger partial charge in [-0.05, 0) is 12.1 Å². The van der Waals surface area contributed by atoms with Crippen molar-refractivity contribution >= 4 is 21.8 Å². The maximum Gasteiger partial charge on any atom is 0.573 e. The van der Waals surface area contributed by atoms with Crippen molar-refractivity contribution in [1.29, 1.82) is 0 Å². The molecule has 3 rings (SSSR count). The molecule has 1 atom stereocenters. The SMILES string of the molecule is COc1ccnc(CS(=O)c2nc3ccc(OC(F)(F)F)cc3[nH]2)c1OCC(F)(F)F. The number of benzene rings is 1. The van der Waals surface area contributed by atoms with E-state index in [4.69, 9.17) is 9.47 Å². The van der Waals surface area contributed by atoms with Gasteiger partial charge in [-0.3, -0.25) is 9.19 Å². The van der Waals surface area contributed by atoms with Gasteiger partial charge in [0.25, 0.3) is 0 Å². The lowest BCUT2D eigenvalue weighted by Crippen LogP contribution is -2.20. The molecule has 2 heterocycles. The molecule has 0 bridgehead atoms. The highest BCUT2D eigenvalue weighted by molar-refractivity contribution is 7.84. The van der Waals surface area contributed by atoms with E-state index in [1.54, 1.807) is 0 Å². The first kappa shape index (κ1) is 22.7. The van der Waals surface area contributed by atoms with Gasteiger partial charge in [-0.2, -0.15) is 13.2 Å². The quantitative estimate of drug-likeness (QED) is 0.524. The smallest absolute Gasteiger partial charge is 0.493 e. The van der Waals surface area contributed by atoms with Crippen LogP contribution in [0.1, 0.15) is 5.69 Å². The maximum absolute atomic E-state index is 12.7. The fourth-order valence-electron chi connectivity index (χ4n) is 2.51. The molecule has 31 heavy (non-hydrogen) atoms. The number of rotatable bonds is 7. The topological polar surface area (TPSA) is 86.3 Å². The lowest BCUT2D eigenvalue weighted by Gasteiger charge is -2.15. The minimum Gasteiger partial charge on any atom is -0.493 e. The Kier molecular flexibility index (Phi) is 6.29. The molecule has 14 heteroatoms. The first-order valence-corrected chi connectivity index (χ1v) is 9.62. The van der Waals surface area contributed by atoms with Crippen molar-refractivity contribution in [3.8, 4) is 17.2 Å². The maximum atomic E-state index is 12.7. The van der Waals surface area contributed by atoms with E-state index in [9.17, 15) is 30.6 Å². The van der Waals surface area contributed by atoms with Gasteiger partial charge in [0, 0.05) is 18.3 Å². The third kappa shape index (κ3) is 5.99. The van der Waals surface area contributed by atoms with Gasteiger partial charge in [0.15, 0.2) is 23.3 Å². The third-order valence-corrected chi connectivity index (χ3v) is 4.85. The van der Waals surface area contributed by atoms with Gasteiger partial charge in [-0.15, -0.1) is 13.2 Å². The number of nitrogens with one attached hydrogen (secondary N) is 1. The fraction of sp³-hybridized carbons (Fsp3) is 0.294. The van der Waals surface area contributed by atoms with Crippen LogP contribution in [0.3, 0.4) is 0 Å². The van der Waals surface area contributed by atoms with Gasteiger partial charge >= 0.3 is 12.5 Å². The summed E-state index contributed by atoms with van der Waals surface area (Å²) in [6, 6.07) is 4.57. The third-order valence-electron chi connectivity index (χ3n) is 3.69. The number of halogens is 6. The van der Waals surface area contributed by atoms with E-state index in [0.29, 0.717) is 0 Å². The Hall–Kier alpha value is -3.03. The van der Waals surface area contributed by atoms with Gasteiger partial charge in [0.05, 0.1) is 40.4 Å². The van der Waals surface area contributed by atoms with Crippen LogP contribution in [0.5, 0.6) is 17.2 Å². The standard InChI is InChI=1S/C17H13F6N3O4S/c1-28-13-4-5-24-12(14(13)29-8-16(18,19)20)7-31(27)15-25-10-3-2-9(6-11(10)26-15)30-17(21,22)23/h2-6H,7-8H2,1H3,(H,25,26). The number of ether oxygens (including phenoxy) is 3. The number of H-pyrrole nitrogens is 1. The number of fused-ring (bicyclic) bond motifs is 1. The summed E-state index contributed by atoms with van der Waals surface area (Å²) in [5.74, 6) is -1.26. The molecule has 0 aliphatic heterocycles. The first-order chi connectivity index (χ1) is 14.4. The number of methoxy groups -OCH3 is 1. The van der Waals surface area contributed by atoms with Crippen molar-refractivity contribution in [1.82, 2.24) is 15.0 Å². The van der Waals surface area contributed by atoms with Crippen LogP contribution in [0.25, 0.3) is 11.0 Å². The molecule has 0 spiro atoms. The largest absolute Gasteiger partial charge is 0.573 e. The molecular formula is C17H13F6N3O4S. The molecule has 0 radical (unpaired) electrons. The van der Waals surface area contributed by atoms with Crippen LogP contribution in [-0.4, -0.2) is 45.4 Å². The van der Waals surface area contributed by atoms with Crippen molar-refractivity contribution in [2.24, 2.45) is 0 Å². The highest BCUT2D eigenvalue weighted by Crippen LogP contribution is 2.33. The number of hydrogen-bond donors (Lipinski definition) is 1. The highest BCUT2D eigenvalue weighted by atomic mass is 32.2. The van der Waals surface area contributed by atoms with E-state index in [-0.39, 0.29) is 33.4 Å². The Labute approximate surface area is 172 Å². The number of pyridine rings is 1. The van der Waals surface area contributed by atoms with Crippen molar-refractivity contribution in [2.45, 2.75) is 23.4 Å². The molecule has 7 nitrogen and oxygen atoms in total. The van der Waals surface area contributed by atoms with Crippen molar-refractivity contribution in [3.05, 3.63) is 36.2 Å². The zero-order valence-electron chi connectivity index (χ0n) is 15.5. The second-order valence-corrected chi connectivity index (χ2v) is 7.32. The summed E-state index contributed by atoms with van der Waals surface area (Å²) >= 11 is 0. The van der Waals surface area contributed by atoms with Gasteiger partial charge in [-0.25, -0.2) is 4.98 Å². The molecule has 1 unspecified atom stereocenters. The number of nitrogens with zero attached hydrogens (tertiary/aromatic N) is 2. The molecule has 1 N–H and O–H groups in total. The Morgan fingerprint density at radius 2 is 1.87 bits per heavy atom. The predicted molar refractivity (Wildman–Crippen MR) is 95.2 cm³/mol. The van der Waals surface area contributed by atoms with E-state index in [1.807, 2.05) is 0 Å². The van der Waals surface area contributed by atoms with Crippen molar-refractivity contribution < 1.29 is 44.8 Å². The minimum absolute atomic E-state index is 0.0372. The number of aromatic nitrogens is 3.